The Labute approximate surface area is 127 Å². The Morgan fingerprint density at radius 2 is 1.73 bits per heavy atom. The molecule has 0 aliphatic heterocycles. The van der Waals surface area contributed by atoms with Crippen LogP contribution in [0.15, 0.2) is 54.6 Å². The van der Waals surface area contributed by atoms with Gasteiger partial charge in [0.15, 0.2) is 0 Å². The summed E-state index contributed by atoms with van der Waals surface area (Å²) < 4.78 is 28.4. The molecule has 0 spiro atoms. The lowest BCUT2D eigenvalue weighted by atomic mass is 10.1. The van der Waals surface area contributed by atoms with Crippen molar-refractivity contribution < 1.29 is 18.3 Å². The number of ether oxygens (including phenoxy) is 1. The van der Waals surface area contributed by atoms with E-state index in [-0.39, 0.29) is 24.1 Å². The maximum Gasteiger partial charge on any atom is 0.387 e. The zero-order valence-corrected chi connectivity index (χ0v) is 12.1. The first kappa shape index (κ1) is 15.9. The average Bonchev–Trinajstić information content (AvgIpc) is 2.49. The van der Waals surface area contributed by atoms with Crippen LogP contribution in [0.25, 0.3) is 0 Å². The van der Waals surface area contributed by atoms with Crippen molar-refractivity contribution in [2.24, 2.45) is 0 Å². The molecule has 0 saturated heterocycles. The van der Waals surface area contributed by atoms with Gasteiger partial charge in [-0.1, -0.05) is 42.5 Å². The summed E-state index contributed by atoms with van der Waals surface area (Å²) in [6.07, 6.45) is 0.187. The molecule has 0 fully saturated rings. The molecule has 1 atom stereocenters. The van der Waals surface area contributed by atoms with E-state index in [0.717, 1.165) is 11.1 Å². The number of halogens is 2. The minimum Gasteiger partial charge on any atom is -0.435 e. The lowest BCUT2D eigenvalue weighted by molar-refractivity contribution is -0.121. The minimum absolute atomic E-state index is 0.0804. The number of hydrogen-bond donors (Lipinski definition) is 1. The van der Waals surface area contributed by atoms with E-state index >= 15 is 0 Å². The molecule has 0 aliphatic rings. The maximum atomic E-state index is 12.0. The van der Waals surface area contributed by atoms with E-state index in [4.69, 9.17) is 0 Å². The molecule has 2 aromatic carbocycles. The first-order valence-electron chi connectivity index (χ1n) is 6.92. The van der Waals surface area contributed by atoms with E-state index in [0.29, 0.717) is 0 Å². The van der Waals surface area contributed by atoms with E-state index < -0.39 is 6.61 Å². The van der Waals surface area contributed by atoms with Crippen LogP contribution in [0.1, 0.15) is 24.1 Å². The monoisotopic (exact) mass is 305 g/mol. The highest BCUT2D eigenvalue weighted by molar-refractivity contribution is 5.79. The summed E-state index contributed by atoms with van der Waals surface area (Å²) >= 11 is 0. The Balaban J connectivity index is 1.89. The molecule has 3 nitrogen and oxygen atoms in total. The van der Waals surface area contributed by atoms with E-state index in [2.05, 4.69) is 10.1 Å². The number of benzene rings is 2. The first-order valence-corrected chi connectivity index (χ1v) is 6.92. The third-order valence-corrected chi connectivity index (χ3v) is 3.19. The van der Waals surface area contributed by atoms with Crippen LogP contribution in [0.3, 0.4) is 0 Å². The van der Waals surface area contributed by atoms with Crippen molar-refractivity contribution in [3.05, 3.63) is 65.7 Å². The van der Waals surface area contributed by atoms with E-state index in [1.807, 2.05) is 37.3 Å². The second-order valence-corrected chi connectivity index (χ2v) is 4.90. The zero-order chi connectivity index (χ0) is 15.9. The Morgan fingerprint density at radius 1 is 1.09 bits per heavy atom. The number of amides is 1. The topological polar surface area (TPSA) is 38.3 Å². The van der Waals surface area contributed by atoms with Crippen LogP contribution in [-0.2, 0) is 11.2 Å². The minimum atomic E-state index is -2.85. The molecule has 0 radical (unpaired) electrons. The fourth-order valence-corrected chi connectivity index (χ4v) is 2.09. The van der Waals surface area contributed by atoms with Crippen LogP contribution >= 0.6 is 0 Å². The quantitative estimate of drug-likeness (QED) is 0.883. The molecular weight excluding hydrogens is 288 g/mol. The van der Waals surface area contributed by atoms with Gasteiger partial charge in [0.1, 0.15) is 5.75 Å². The Morgan fingerprint density at radius 3 is 2.32 bits per heavy atom. The van der Waals surface area contributed by atoms with Gasteiger partial charge in [-0.05, 0) is 30.2 Å². The van der Waals surface area contributed by atoms with Crippen molar-refractivity contribution in [2.75, 3.05) is 0 Å². The molecule has 0 heterocycles. The second-order valence-electron chi connectivity index (χ2n) is 4.90. The van der Waals surface area contributed by atoms with E-state index in [9.17, 15) is 13.6 Å². The molecule has 0 aromatic heterocycles. The Kier molecular flexibility index (Phi) is 5.47. The predicted molar refractivity (Wildman–Crippen MR) is 79.8 cm³/mol. The number of hydrogen-bond acceptors (Lipinski definition) is 2. The van der Waals surface area contributed by atoms with Crippen molar-refractivity contribution in [3.63, 3.8) is 0 Å². The fraction of sp³-hybridized carbons (Fsp3) is 0.235. The number of carbonyl (C=O) groups excluding carboxylic acids is 1. The van der Waals surface area contributed by atoms with Gasteiger partial charge in [-0.3, -0.25) is 4.79 Å². The number of rotatable bonds is 6. The van der Waals surface area contributed by atoms with Crippen molar-refractivity contribution in [3.8, 4) is 5.75 Å². The molecule has 22 heavy (non-hydrogen) atoms. The normalized spacial score (nSPS) is 12.0. The molecule has 1 unspecified atom stereocenters. The fourth-order valence-electron chi connectivity index (χ4n) is 2.09. The van der Waals surface area contributed by atoms with E-state index in [1.54, 1.807) is 12.1 Å². The highest BCUT2D eigenvalue weighted by Crippen LogP contribution is 2.16. The van der Waals surface area contributed by atoms with Crippen LogP contribution in [0.4, 0.5) is 8.78 Å². The summed E-state index contributed by atoms with van der Waals surface area (Å²) in [7, 11) is 0. The Bertz CT molecular complexity index is 600. The van der Waals surface area contributed by atoms with Gasteiger partial charge in [-0.15, -0.1) is 0 Å². The summed E-state index contributed by atoms with van der Waals surface area (Å²) in [5, 5.41) is 2.90. The third kappa shape index (κ3) is 4.84. The summed E-state index contributed by atoms with van der Waals surface area (Å²) in [4.78, 5) is 12.0. The molecular formula is C17H17F2NO2. The number of nitrogens with one attached hydrogen (secondary N) is 1. The van der Waals surface area contributed by atoms with Crippen LogP contribution in [0.5, 0.6) is 5.75 Å². The van der Waals surface area contributed by atoms with Crippen LogP contribution in [0.2, 0.25) is 0 Å². The lowest BCUT2D eigenvalue weighted by Crippen LogP contribution is -2.28. The summed E-state index contributed by atoms with van der Waals surface area (Å²) in [5.74, 6) is -0.0457. The molecule has 2 aromatic rings. The summed E-state index contributed by atoms with van der Waals surface area (Å²) in [5.41, 5.74) is 1.76. The average molecular weight is 305 g/mol. The third-order valence-electron chi connectivity index (χ3n) is 3.19. The highest BCUT2D eigenvalue weighted by Gasteiger charge is 2.10. The molecule has 1 amide bonds. The summed E-state index contributed by atoms with van der Waals surface area (Å²) in [6.45, 7) is -0.937. The van der Waals surface area contributed by atoms with Crippen LogP contribution in [-0.4, -0.2) is 12.5 Å². The standard InChI is InChI=1S/C17H17F2NO2/c1-12(14-5-3-2-4-6-14)20-16(21)11-13-7-9-15(10-8-13)22-17(18)19/h2-10,12,17H,11H2,1H3,(H,20,21). The predicted octanol–water partition coefficient (Wildman–Crippen LogP) is 3.71. The molecule has 0 bridgehead atoms. The van der Waals surface area contributed by atoms with Gasteiger partial charge in [-0.2, -0.15) is 8.78 Å². The number of carbonyl (C=O) groups is 1. The van der Waals surface area contributed by atoms with Crippen molar-refractivity contribution in [1.82, 2.24) is 5.32 Å². The van der Waals surface area contributed by atoms with Crippen molar-refractivity contribution in [2.45, 2.75) is 26.0 Å². The molecule has 0 aliphatic carbocycles. The Hall–Kier alpha value is -2.43. The molecule has 116 valence electrons. The SMILES string of the molecule is CC(NC(=O)Cc1ccc(OC(F)F)cc1)c1ccccc1. The molecule has 0 saturated carbocycles. The van der Waals surface area contributed by atoms with Crippen LogP contribution in [0, 0.1) is 0 Å². The highest BCUT2D eigenvalue weighted by atomic mass is 19.3. The van der Waals surface area contributed by atoms with Gasteiger partial charge >= 0.3 is 6.61 Å². The largest absolute Gasteiger partial charge is 0.435 e. The maximum absolute atomic E-state index is 12.0. The van der Waals surface area contributed by atoms with Gasteiger partial charge in [0.05, 0.1) is 12.5 Å². The van der Waals surface area contributed by atoms with Gasteiger partial charge in [0, 0.05) is 0 Å². The van der Waals surface area contributed by atoms with Gasteiger partial charge in [0.2, 0.25) is 5.91 Å². The number of alkyl halides is 2. The van der Waals surface area contributed by atoms with Gasteiger partial charge < -0.3 is 10.1 Å². The van der Waals surface area contributed by atoms with Gasteiger partial charge in [0.25, 0.3) is 0 Å². The molecule has 5 heteroatoms. The van der Waals surface area contributed by atoms with Crippen molar-refractivity contribution >= 4 is 5.91 Å². The second kappa shape index (κ2) is 7.54. The molecule has 1 N–H and O–H groups in total. The smallest absolute Gasteiger partial charge is 0.387 e. The van der Waals surface area contributed by atoms with Crippen LogP contribution < -0.4 is 10.1 Å². The summed E-state index contributed by atoms with van der Waals surface area (Å²) in [6, 6.07) is 15.6. The first-order chi connectivity index (χ1) is 10.5. The zero-order valence-electron chi connectivity index (χ0n) is 12.1. The van der Waals surface area contributed by atoms with E-state index in [1.165, 1.54) is 12.1 Å². The lowest BCUT2D eigenvalue weighted by Gasteiger charge is -2.14. The van der Waals surface area contributed by atoms with Gasteiger partial charge in [-0.25, -0.2) is 0 Å². The molecule has 2 rings (SSSR count). The van der Waals surface area contributed by atoms with Crippen molar-refractivity contribution in [1.29, 1.82) is 0 Å².